The van der Waals surface area contributed by atoms with E-state index >= 15 is 0 Å². The van der Waals surface area contributed by atoms with Gasteiger partial charge < -0.3 is 28.4 Å². The largest absolute Gasteiger partial charge is 0.459 e. The van der Waals surface area contributed by atoms with Crippen LogP contribution in [0, 0.1) is 0 Å². The van der Waals surface area contributed by atoms with Crippen LogP contribution in [-0.4, -0.2) is 71.1 Å². The molecule has 1 aliphatic rings. The van der Waals surface area contributed by atoms with Crippen LogP contribution in [0.3, 0.4) is 0 Å². The maximum atomic E-state index is 14.1. The first kappa shape index (κ1) is 74.3. The van der Waals surface area contributed by atoms with E-state index < -0.39 is 39.9 Å². The summed E-state index contributed by atoms with van der Waals surface area (Å²) >= 11 is 0. The molecule has 5 atom stereocenters. The SMILES string of the molecule is CCCCCCCCCCCCCCCCCC(=O)OC1(C)CCCC(C)(OC(=O)CCCCCCCCCCCCC)CC(C)(OC(=O)CCCCCCCCC)CC(C)(OC(=O)CCCC)CC(C)(OC(C)=O)COCC1. The number of hydrogen-bond acceptors (Lipinski definition) is 11. The summed E-state index contributed by atoms with van der Waals surface area (Å²) in [7, 11) is 0. The molecule has 0 aliphatic carbocycles. The van der Waals surface area contributed by atoms with Gasteiger partial charge in [0.1, 0.15) is 28.0 Å². The van der Waals surface area contributed by atoms with E-state index in [-0.39, 0.29) is 69.6 Å². The van der Waals surface area contributed by atoms with Crippen LogP contribution in [0.25, 0.3) is 0 Å². The fourth-order valence-corrected chi connectivity index (χ4v) is 12.3. The second-order valence-corrected chi connectivity index (χ2v) is 25.9. The summed E-state index contributed by atoms with van der Waals surface area (Å²) < 4.78 is 38.6. The molecule has 0 aromatic rings. The van der Waals surface area contributed by atoms with Gasteiger partial charge in [-0.25, -0.2) is 0 Å². The summed E-state index contributed by atoms with van der Waals surface area (Å²) in [6, 6.07) is 0. The minimum Gasteiger partial charge on any atom is -0.459 e. The number of carbonyl (C=O) groups excluding carboxylic acids is 5. The molecule has 79 heavy (non-hydrogen) atoms. The first-order valence-corrected chi connectivity index (χ1v) is 33.4. The number of carbonyl (C=O) groups is 5. The van der Waals surface area contributed by atoms with E-state index in [1.807, 2.05) is 34.6 Å². The van der Waals surface area contributed by atoms with Crippen molar-refractivity contribution in [1.82, 2.24) is 0 Å². The summed E-state index contributed by atoms with van der Waals surface area (Å²) in [5.74, 6) is -1.80. The minimum atomic E-state index is -1.32. The lowest BCUT2D eigenvalue weighted by Gasteiger charge is -2.45. The summed E-state index contributed by atoms with van der Waals surface area (Å²) in [4.78, 5) is 68.5. The molecule has 1 heterocycles. The molecule has 0 saturated carbocycles. The van der Waals surface area contributed by atoms with Crippen molar-refractivity contribution in [1.29, 1.82) is 0 Å². The molecular formula is C68H126O11. The van der Waals surface area contributed by atoms with Crippen LogP contribution in [0.5, 0.6) is 0 Å². The molecular weight excluding hydrogens is 993 g/mol. The van der Waals surface area contributed by atoms with E-state index in [1.165, 1.54) is 148 Å². The highest BCUT2D eigenvalue weighted by Crippen LogP contribution is 2.43. The minimum absolute atomic E-state index is 0.0129. The van der Waals surface area contributed by atoms with Gasteiger partial charge in [0.2, 0.25) is 0 Å². The molecule has 1 rings (SSSR count). The lowest BCUT2D eigenvalue weighted by atomic mass is 9.75. The van der Waals surface area contributed by atoms with Crippen molar-refractivity contribution in [3.8, 4) is 0 Å². The van der Waals surface area contributed by atoms with Crippen LogP contribution in [0.1, 0.15) is 365 Å². The summed E-state index contributed by atoms with van der Waals surface area (Å²) in [6.07, 6.45) is 43.5. The van der Waals surface area contributed by atoms with Crippen LogP contribution in [0.4, 0.5) is 0 Å². The third-order valence-corrected chi connectivity index (χ3v) is 16.4. The lowest BCUT2D eigenvalue weighted by molar-refractivity contribution is -0.196. The van der Waals surface area contributed by atoms with E-state index in [2.05, 4.69) is 20.8 Å². The third kappa shape index (κ3) is 40.2. The van der Waals surface area contributed by atoms with Crippen molar-refractivity contribution in [2.75, 3.05) is 13.2 Å². The Kier molecular flexibility index (Phi) is 42.2. The Morgan fingerprint density at radius 1 is 0.316 bits per heavy atom. The van der Waals surface area contributed by atoms with Crippen molar-refractivity contribution in [2.24, 2.45) is 0 Å². The van der Waals surface area contributed by atoms with E-state index in [9.17, 15) is 24.0 Å². The second-order valence-electron chi connectivity index (χ2n) is 25.9. The highest BCUT2D eigenvalue weighted by molar-refractivity contribution is 5.71. The van der Waals surface area contributed by atoms with Crippen molar-refractivity contribution in [2.45, 2.75) is 393 Å². The molecule has 0 aromatic heterocycles. The van der Waals surface area contributed by atoms with Gasteiger partial charge >= 0.3 is 29.8 Å². The quantitative estimate of drug-likeness (QED) is 0.0327. The predicted molar refractivity (Wildman–Crippen MR) is 324 cm³/mol. The zero-order valence-electron chi connectivity index (χ0n) is 53.4. The average molecular weight is 1120 g/mol. The molecule has 1 aliphatic heterocycles. The Labute approximate surface area is 486 Å². The van der Waals surface area contributed by atoms with Gasteiger partial charge in [0, 0.05) is 58.3 Å². The summed E-state index contributed by atoms with van der Waals surface area (Å²) in [6.45, 7) is 19.7. The standard InChI is InChI=1S/C68H126O11/c1-11-15-19-22-25-27-29-30-31-32-34-36-38-41-43-48-61(71)76-64(6)51-46-52-65(7,77-62(72)49-44-42-39-35-33-28-26-23-20-16-12-2)55-66(8,79-63(73)50-45-40-37-24-21-17-13-3)56-67(9,78-60(70)47-18-14-4)57-68(10,75-59(5)69)58-74-54-53-64/h11-58H2,1-10H3. The molecule has 0 radical (unpaired) electrons. The molecule has 1 saturated heterocycles. The number of rotatable bonds is 44. The van der Waals surface area contributed by atoms with E-state index in [0.29, 0.717) is 44.9 Å². The Morgan fingerprint density at radius 3 is 0.924 bits per heavy atom. The van der Waals surface area contributed by atoms with E-state index in [1.54, 1.807) is 6.92 Å². The Balaban J connectivity index is 3.44. The first-order chi connectivity index (χ1) is 37.8. The van der Waals surface area contributed by atoms with Crippen LogP contribution >= 0.6 is 0 Å². The van der Waals surface area contributed by atoms with Crippen LogP contribution < -0.4 is 0 Å². The number of esters is 5. The fourth-order valence-electron chi connectivity index (χ4n) is 12.3. The van der Waals surface area contributed by atoms with Gasteiger partial charge in [-0.3, -0.25) is 24.0 Å². The molecule has 0 N–H and O–H groups in total. The molecule has 11 heteroatoms. The van der Waals surface area contributed by atoms with Crippen molar-refractivity contribution < 1.29 is 52.4 Å². The van der Waals surface area contributed by atoms with E-state index in [0.717, 1.165) is 70.6 Å². The molecule has 11 nitrogen and oxygen atoms in total. The molecule has 0 spiro atoms. The lowest BCUT2D eigenvalue weighted by Crippen LogP contribution is -2.52. The molecule has 1 fully saturated rings. The predicted octanol–water partition coefficient (Wildman–Crippen LogP) is 19.6. The Morgan fingerprint density at radius 2 is 0.582 bits per heavy atom. The van der Waals surface area contributed by atoms with Gasteiger partial charge in [0.25, 0.3) is 0 Å². The van der Waals surface area contributed by atoms with Crippen LogP contribution in [0.15, 0.2) is 0 Å². The number of hydrogen-bond donors (Lipinski definition) is 0. The van der Waals surface area contributed by atoms with Gasteiger partial charge in [-0.2, -0.15) is 0 Å². The second kappa shape index (κ2) is 44.8. The van der Waals surface area contributed by atoms with Gasteiger partial charge in [-0.05, 0) is 79.6 Å². The normalized spacial score (nSPS) is 23.3. The Bertz CT molecular complexity index is 1580. The first-order valence-electron chi connectivity index (χ1n) is 33.4. The van der Waals surface area contributed by atoms with Crippen LogP contribution in [0.2, 0.25) is 0 Å². The van der Waals surface area contributed by atoms with Crippen molar-refractivity contribution in [3.63, 3.8) is 0 Å². The number of unbranched alkanes of at least 4 members (excludes halogenated alkanes) is 31. The van der Waals surface area contributed by atoms with Gasteiger partial charge in [-0.1, -0.05) is 227 Å². The fraction of sp³-hybridized carbons (Fsp3) is 0.926. The summed E-state index contributed by atoms with van der Waals surface area (Å²) in [5.41, 5.74) is -5.90. The number of ether oxygens (including phenoxy) is 6. The van der Waals surface area contributed by atoms with Crippen LogP contribution in [-0.2, 0) is 52.4 Å². The van der Waals surface area contributed by atoms with E-state index in [4.69, 9.17) is 28.4 Å². The van der Waals surface area contributed by atoms with Crippen molar-refractivity contribution in [3.05, 3.63) is 0 Å². The molecule has 464 valence electrons. The Hall–Kier alpha value is -2.69. The highest BCUT2D eigenvalue weighted by Gasteiger charge is 2.50. The third-order valence-electron chi connectivity index (χ3n) is 16.4. The zero-order valence-corrected chi connectivity index (χ0v) is 53.4. The monoisotopic (exact) mass is 1120 g/mol. The van der Waals surface area contributed by atoms with Crippen molar-refractivity contribution >= 4 is 29.8 Å². The van der Waals surface area contributed by atoms with Gasteiger partial charge in [0.15, 0.2) is 0 Å². The highest BCUT2D eigenvalue weighted by atomic mass is 16.6. The average Bonchev–Trinajstić information content (AvgIpc) is 3.42. The topological polar surface area (TPSA) is 141 Å². The molecule has 0 amide bonds. The van der Waals surface area contributed by atoms with Gasteiger partial charge in [0.05, 0.1) is 13.2 Å². The summed E-state index contributed by atoms with van der Waals surface area (Å²) in [5, 5.41) is 0. The van der Waals surface area contributed by atoms with Gasteiger partial charge in [-0.15, -0.1) is 0 Å². The molecule has 0 bridgehead atoms. The maximum absolute atomic E-state index is 14.1. The molecule has 0 aromatic carbocycles. The molecule has 5 unspecified atom stereocenters. The smallest absolute Gasteiger partial charge is 0.306 e. The maximum Gasteiger partial charge on any atom is 0.306 e. The zero-order chi connectivity index (χ0) is 58.6.